The van der Waals surface area contributed by atoms with E-state index in [0.717, 1.165) is 36.8 Å². The van der Waals surface area contributed by atoms with Crippen LogP contribution >= 0.6 is 15.9 Å². The van der Waals surface area contributed by atoms with Gasteiger partial charge in [0.15, 0.2) is 0 Å². The Balaban J connectivity index is 1.76. The number of hydrogen-bond donors (Lipinski definition) is 3. The average Bonchev–Trinajstić information content (AvgIpc) is 3.27. The monoisotopic (exact) mass is 492 g/mol. The van der Waals surface area contributed by atoms with Gasteiger partial charge >= 0.3 is 0 Å². The lowest BCUT2D eigenvalue weighted by Gasteiger charge is -2.31. The molecule has 0 spiro atoms. The highest BCUT2D eigenvalue weighted by atomic mass is 79.9. The Morgan fingerprint density at radius 3 is 2.62 bits per heavy atom. The number of amides is 1. The van der Waals surface area contributed by atoms with Crippen molar-refractivity contribution in [3.05, 3.63) is 69.5 Å². The molecule has 1 saturated carbocycles. The van der Waals surface area contributed by atoms with E-state index >= 15 is 0 Å². The lowest BCUT2D eigenvalue weighted by atomic mass is 9.87. The molecule has 32 heavy (non-hydrogen) atoms. The summed E-state index contributed by atoms with van der Waals surface area (Å²) in [5.74, 6) is 5.72. The molecule has 1 heterocycles. The fraction of sp³-hybridized carbons (Fsp3) is 0.320. The predicted octanol–water partition coefficient (Wildman–Crippen LogP) is 3.27. The maximum absolute atomic E-state index is 13.0. The van der Waals surface area contributed by atoms with Crippen molar-refractivity contribution in [3.8, 4) is 17.9 Å². The SMILES string of the molecule is N#CC(=Cc1cccc(Br)n1)C(=O)NC1(c2ccc(C#CCNCCO)cc2)CCCC1. The number of halogens is 1. The molecule has 1 amide bonds. The summed E-state index contributed by atoms with van der Waals surface area (Å²) in [6, 6.07) is 15.3. The number of nitrogens with one attached hydrogen (secondary N) is 2. The fourth-order valence-corrected chi connectivity index (χ4v) is 4.16. The zero-order valence-corrected chi connectivity index (χ0v) is 19.3. The van der Waals surface area contributed by atoms with Gasteiger partial charge in [0.05, 0.1) is 24.4 Å². The van der Waals surface area contributed by atoms with E-state index in [1.807, 2.05) is 30.3 Å². The summed E-state index contributed by atoms with van der Waals surface area (Å²) in [7, 11) is 0. The van der Waals surface area contributed by atoms with Crippen LogP contribution in [0.15, 0.2) is 52.6 Å². The molecular formula is C25H25BrN4O2. The number of nitrogens with zero attached hydrogens (tertiary/aromatic N) is 2. The second kappa shape index (κ2) is 11.6. The number of carbonyl (C=O) groups excluding carboxylic acids is 1. The topological polar surface area (TPSA) is 98.0 Å². The zero-order chi connectivity index (χ0) is 22.8. The van der Waals surface area contributed by atoms with Crippen LogP contribution in [0.2, 0.25) is 0 Å². The molecule has 0 unspecified atom stereocenters. The molecule has 164 valence electrons. The standard InChI is InChI=1S/C25H25BrN4O2/c26-23-7-3-6-22(29-23)17-20(18-27)24(32)30-25(12-1-2-13-25)21-10-8-19(9-11-21)5-4-14-28-15-16-31/h3,6-11,17,28,31H,1-2,12-16H2,(H,30,32). The highest BCUT2D eigenvalue weighted by Crippen LogP contribution is 2.39. The van der Waals surface area contributed by atoms with Gasteiger partial charge in [-0.1, -0.05) is 42.9 Å². The average molecular weight is 493 g/mol. The smallest absolute Gasteiger partial charge is 0.262 e. The van der Waals surface area contributed by atoms with Crippen molar-refractivity contribution in [2.45, 2.75) is 31.2 Å². The molecule has 1 aromatic carbocycles. The van der Waals surface area contributed by atoms with Crippen LogP contribution in [0.5, 0.6) is 0 Å². The Morgan fingerprint density at radius 2 is 1.97 bits per heavy atom. The number of rotatable bonds is 7. The van der Waals surface area contributed by atoms with E-state index in [9.17, 15) is 10.1 Å². The summed E-state index contributed by atoms with van der Waals surface area (Å²) in [5, 5.41) is 24.5. The van der Waals surface area contributed by atoms with Crippen molar-refractivity contribution in [1.29, 1.82) is 5.26 Å². The Bertz CT molecular complexity index is 1070. The maximum atomic E-state index is 13.0. The van der Waals surface area contributed by atoms with Gasteiger partial charge in [0.1, 0.15) is 16.2 Å². The Labute approximate surface area is 196 Å². The second-order valence-corrected chi connectivity index (χ2v) is 8.39. The Morgan fingerprint density at radius 1 is 1.22 bits per heavy atom. The molecule has 0 saturated heterocycles. The van der Waals surface area contributed by atoms with Gasteiger partial charge in [-0.05, 0) is 64.7 Å². The van der Waals surface area contributed by atoms with Crippen LogP contribution in [0.1, 0.15) is 42.5 Å². The molecule has 0 radical (unpaired) electrons. The first-order valence-electron chi connectivity index (χ1n) is 10.5. The van der Waals surface area contributed by atoms with Crippen molar-refractivity contribution in [3.63, 3.8) is 0 Å². The fourth-order valence-electron chi connectivity index (χ4n) is 3.80. The highest BCUT2D eigenvalue weighted by Gasteiger charge is 2.37. The van der Waals surface area contributed by atoms with Gasteiger partial charge in [-0.2, -0.15) is 5.26 Å². The molecule has 7 heteroatoms. The van der Waals surface area contributed by atoms with Crippen LogP contribution in [0, 0.1) is 23.2 Å². The minimum Gasteiger partial charge on any atom is -0.395 e. The van der Waals surface area contributed by atoms with Gasteiger partial charge in [-0.3, -0.25) is 4.79 Å². The van der Waals surface area contributed by atoms with Crippen LogP contribution in [0.3, 0.4) is 0 Å². The summed E-state index contributed by atoms with van der Waals surface area (Å²) < 4.78 is 0.642. The quantitative estimate of drug-likeness (QED) is 0.181. The number of carbonyl (C=O) groups is 1. The van der Waals surface area contributed by atoms with Crippen LogP contribution in [-0.2, 0) is 10.3 Å². The lowest BCUT2D eigenvalue weighted by Crippen LogP contribution is -2.44. The minimum absolute atomic E-state index is 0.0275. The molecule has 2 aromatic rings. The van der Waals surface area contributed by atoms with E-state index < -0.39 is 11.4 Å². The molecule has 1 aromatic heterocycles. The zero-order valence-electron chi connectivity index (χ0n) is 17.7. The van der Waals surface area contributed by atoms with Crippen LogP contribution in [0.4, 0.5) is 0 Å². The number of aliphatic hydroxyl groups excluding tert-OH is 1. The molecule has 0 bridgehead atoms. The second-order valence-electron chi connectivity index (χ2n) is 7.58. The number of aromatic nitrogens is 1. The molecule has 3 N–H and O–H groups in total. The Kier molecular flexibility index (Phi) is 8.58. The summed E-state index contributed by atoms with van der Waals surface area (Å²) in [6.45, 7) is 1.12. The van der Waals surface area contributed by atoms with Gasteiger partial charge in [-0.25, -0.2) is 4.98 Å². The predicted molar refractivity (Wildman–Crippen MR) is 127 cm³/mol. The molecule has 3 rings (SSSR count). The van der Waals surface area contributed by atoms with Crippen LogP contribution < -0.4 is 10.6 Å². The molecule has 1 aliphatic rings. The molecule has 0 aliphatic heterocycles. The molecule has 6 nitrogen and oxygen atoms in total. The number of benzene rings is 1. The third-order valence-corrected chi connectivity index (χ3v) is 5.82. The number of nitriles is 1. The first kappa shape index (κ1) is 23.7. The van der Waals surface area contributed by atoms with Crippen molar-refractivity contribution in [2.75, 3.05) is 19.7 Å². The Hall–Kier alpha value is -2.97. The molecule has 1 aliphatic carbocycles. The van der Waals surface area contributed by atoms with Crippen LogP contribution in [0.25, 0.3) is 6.08 Å². The van der Waals surface area contributed by atoms with Crippen molar-refractivity contribution < 1.29 is 9.90 Å². The largest absolute Gasteiger partial charge is 0.395 e. The summed E-state index contributed by atoms with van der Waals surface area (Å²) >= 11 is 3.31. The van der Waals surface area contributed by atoms with E-state index in [4.69, 9.17) is 5.11 Å². The molecule has 0 atom stereocenters. The van der Waals surface area contributed by atoms with E-state index in [-0.39, 0.29) is 12.2 Å². The number of aliphatic hydroxyl groups is 1. The normalized spacial score (nSPS) is 14.8. The minimum atomic E-state index is -0.494. The van der Waals surface area contributed by atoms with E-state index in [2.05, 4.69) is 43.4 Å². The highest BCUT2D eigenvalue weighted by molar-refractivity contribution is 9.10. The molecule has 1 fully saturated rings. The van der Waals surface area contributed by atoms with Crippen molar-refractivity contribution >= 4 is 27.9 Å². The number of hydrogen-bond acceptors (Lipinski definition) is 5. The van der Waals surface area contributed by atoms with Gasteiger partial charge in [0, 0.05) is 12.1 Å². The van der Waals surface area contributed by atoms with Crippen LogP contribution in [-0.4, -0.2) is 35.7 Å². The van der Waals surface area contributed by atoms with Gasteiger partial charge in [-0.15, -0.1) is 0 Å². The summed E-state index contributed by atoms with van der Waals surface area (Å²) in [6.07, 6.45) is 5.17. The van der Waals surface area contributed by atoms with E-state index in [1.54, 1.807) is 18.2 Å². The third-order valence-electron chi connectivity index (χ3n) is 5.38. The van der Waals surface area contributed by atoms with Gasteiger partial charge in [0.2, 0.25) is 0 Å². The third kappa shape index (κ3) is 6.27. The van der Waals surface area contributed by atoms with E-state index in [1.165, 1.54) is 6.08 Å². The van der Waals surface area contributed by atoms with E-state index in [0.29, 0.717) is 23.4 Å². The summed E-state index contributed by atoms with van der Waals surface area (Å²) in [4.78, 5) is 17.3. The lowest BCUT2D eigenvalue weighted by molar-refractivity contribution is -0.119. The molecular weight excluding hydrogens is 468 g/mol. The van der Waals surface area contributed by atoms with Gasteiger partial charge < -0.3 is 15.7 Å². The maximum Gasteiger partial charge on any atom is 0.262 e. The first-order chi connectivity index (χ1) is 15.6. The van der Waals surface area contributed by atoms with Crippen molar-refractivity contribution in [1.82, 2.24) is 15.6 Å². The van der Waals surface area contributed by atoms with Crippen molar-refractivity contribution in [2.24, 2.45) is 0 Å². The summed E-state index contributed by atoms with van der Waals surface area (Å²) in [5.41, 5.74) is 1.98. The first-order valence-corrected chi connectivity index (χ1v) is 11.3. The van der Waals surface area contributed by atoms with Gasteiger partial charge in [0.25, 0.3) is 5.91 Å². The number of pyridine rings is 1.